The molecule has 122 valence electrons. The van der Waals surface area contributed by atoms with Crippen LogP contribution in [0.4, 0.5) is 5.69 Å². The quantitative estimate of drug-likeness (QED) is 0.503. The van der Waals surface area contributed by atoms with E-state index in [0.29, 0.717) is 0 Å². The van der Waals surface area contributed by atoms with Gasteiger partial charge < -0.3 is 10.4 Å². The van der Waals surface area contributed by atoms with Crippen LogP contribution in [-0.4, -0.2) is 17.6 Å². The van der Waals surface area contributed by atoms with Crippen LogP contribution in [0.3, 0.4) is 0 Å². The first kappa shape index (κ1) is 18.3. The van der Waals surface area contributed by atoms with Crippen molar-refractivity contribution in [3.8, 4) is 0 Å². The van der Waals surface area contributed by atoms with Gasteiger partial charge in [0, 0.05) is 24.1 Å². The normalized spacial score (nSPS) is 11.3. The lowest BCUT2D eigenvalue weighted by molar-refractivity contribution is -0.137. The topological polar surface area (TPSA) is 49.3 Å². The molecule has 0 aliphatic heterocycles. The van der Waals surface area contributed by atoms with Gasteiger partial charge in [-0.2, -0.15) is 0 Å². The minimum Gasteiger partial charge on any atom is -0.481 e. The van der Waals surface area contributed by atoms with Gasteiger partial charge in [-0.05, 0) is 38.3 Å². The molecule has 3 nitrogen and oxygen atoms in total. The van der Waals surface area contributed by atoms with E-state index in [9.17, 15) is 4.79 Å². The average molecular weight is 303 g/mol. The highest BCUT2D eigenvalue weighted by atomic mass is 16.4. The van der Waals surface area contributed by atoms with E-state index in [1.165, 1.54) is 11.1 Å². The number of nitrogens with one attached hydrogen (secondary N) is 1. The van der Waals surface area contributed by atoms with E-state index in [-0.39, 0.29) is 11.8 Å². The van der Waals surface area contributed by atoms with Crippen molar-refractivity contribution in [2.45, 2.75) is 58.8 Å². The van der Waals surface area contributed by atoms with Crippen LogP contribution in [0.15, 0.2) is 30.4 Å². The molecule has 0 aromatic heterocycles. The lowest BCUT2D eigenvalue weighted by Crippen LogP contribution is -2.21. The van der Waals surface area contributed by atoms with Gasteiger partial charge in [0.1, 0.15) is 0 Å². The fourth-order valence-corrected chi connectivity index (χ4v) is 2.36. The molecule has 0 saturated heterocycles. The van der Waals surface area contributed by atoms with Crippen molar-refractivity contribution >= 4 is 11.7 Å². The lowest BCUT2D eigenvalue weighted by atomic mass is 9.77. The smallest absolute Gasteiger partial charge is 0.303 e. The SMILES string of the molecule is C=C(C)C(C)(C)c1cc(C)ccc1NCCCCCC(=O)O. The van der Waals surface area contributed by atoms with E-state index in [4.69, 9.17) is 5.11 Å². The fourth-order valence-electron chi connectivity index (χ4n) is 2.36. The van der Waals surface area contributed by atoms with Gasteiger partial charge in [-0.3, -0.25) is 4.79 Å². The molecule has 1 aromatic carbocycles. The number of benzene rings is 1. The Morgan fingerprint density at radius 1 is 1.27 bits per heavy atom. The third-order valence-electron chi connectivity index (χ3n) is 4.30. The summed E-state index contributed by atoms with van der Waals surface area (Å²) in [4.78, 5) is 10.5. The molecule has 0 spiro atoms. The van der Waals surface area contributed by atoms with Gasteiger partial charge in [0.2, 0.25) is 0 Å². The second-order valence-corrected chi connectivity index (χ2v) is 6.59. The molecule has 1 aromatic rings. The summed E-state index contributed by atoms with van der Waals surface area (Å²) in [7, 11) is 0. The Kier molecular flexibility index (Phi) is 6.66. The maximum Gasteiger partial charge on any atom is 0.303 e. The molecule has 3 heteroatoms. The van der Waals surface area contributed by atoms with E-state index >= 15 is 0 Å². The van der Waals surface area contributed by atoms with Crippen molar-refractivity contribution < 1.29 is 9.90 Å². The number of aliphatic carboxylic acids is 1. The summed E-state index contributed by atoms with van der Waals surface area (Å²) < 4.78 is 0. The predicted molar refractivity (Wildman–Crippen MR) is 93.6 cm³/mol. The molecule has 0 bridgehead atoms. The fraction of sp³-hybridized carbons (Fsp3) is 0.526. The molecule has 0 unspecified atom stereocenters. The van der Waals surface area contributed by atoms with Crippen LogP contribution in [-0.2, 0) is 10.2 Å². The number of hydrogen-bond donors (Lipinski definition) is 2. The monoisotopic (exact) mass is 303 g/mol. The molecule has 0 amide bonds. The summed E-state index contributed by atoms with van der Waals surface area (Å²) in [5.41, 5.74) is 4.74. The highest BCUT2D eigenvalue weighted by molar-refractivity contribution is 5.66. The average Bonchev–Trinajstić information content (AvgIpc) is 2.43. The summed E-state index contributed by atoms with van der Waals surface area (Å²) in [5, 5.41) is 12.1. The van der Waals surface area contributed by atoms with Gasteiger partial charge in [0.15, 0.2) is 0 Å². The first-order chi connectivity index (χ1) is 10.2. The van der Waals surface area contributed by atoms with Gasteiger partial charge in [0.25, 0.3) is 0 Å². The van der Waals surface area contributed by atoms with E-state index in [1.54, 1.807) is 0 Å². The van der Waals surface area contributed by atoms with Crippen molar-refractivity contribution in [2.75, 3.05) is 11.9 Å². The second-order valence-electron chi connectivity index (χ2n) is 6.59. The molecule has 0 aliphatic carbocycles. The number of hydrogen-bond acceptors (Lipinski definition) is 2. The van der Waals surface area contributed by atoms with E-state index < -0.39 is 5.97 Å². The van der Waals surface area contributed by atoms with Crippen molar-refractivity contribution in [1.82, 2.24) is 0 Å². The molecule has 0 saturated carbocycles. The van der Waals surface area contributed by atoms with Crippen molar-refractivity contribution in [3.05, 3.63) is 41.5 Å². The summed E-state index contributed by atoms with van der Waals surface area (Å²) in [6, 6.07) is 6.47. The first-order valence-electron chi connectivity index (χ1n) is 7.98. The van der Waals surface area contributed by atoms with Crippen LogP contribution in [0.1, 0.15) is 57.6 Å². The van der Waals surface area contributed by atoms with Gasteiger partial charge in [-0.15, -0.1) is 0 Å². The van der Waals surface area contributed by atoms with Crippen LogP contribution < -0.4 is 5.32 Å². The highest BCUT2D eigenvalue weighted by Crippen LogP contribution is 2.35. The third kappa shape index (κ3) is 5.21. The predicted octanol–water partition coefficient (Wildman–Crippen LogP) is 4.91. The standard InChI is InChI=1S/C19H29NO2/c1-14(2)19(4,5)16-13-15(3)10-11-17(16)20-12-8-6-7-9-18(21)22/h10-11,13,20H,1,6-9,12H2,2-5H3,(H,21,22). The number of carbonyl (C=O) groups is 1. The number of carboxylic acids is 1. The maximum atomic E-state index is 10.5. The summed E-state index contributed by atoms with van der Waals surface area (Å²) >= 11 is 0. The molecule has 0 fully saturated rings. The molecule has 0 atom stereocenters. The van der Waals surface area contributed by atoms with E-state index in [1.807, 2.05) is 0 Å². The third-order valence-corrected chi connectivity index (χ3v) is 4.30. The lowest BCUT2D eigenvalue weighted by Gasteiger charge is -2.29. The van der Waals surface area contributed by atoms with Crippen molar-refractivity contribution in [2.24, 2.45) is 0 Å². The Balaban J connectivity index is 2.67. The molecule has 0 radical (unpaired) electrons. The molecular weight excluding hydrogens is 274 g/mol. The molecule has 2 N–H and O–H groups in total. The van der Waals surface area contributed by atoms with Crippen molar-refractivity contribution in [1.29, 1.82) is 0 Å². The summed E-state index contributed by atoms with van der Waals surface area (Å²) in [5.74, 6) is -0.711. The molecule has 1 rings (SSSR count). The van der Waals surface area contributed by atoms with E-state index in [0.717, 1.165) is 37.1 Å². The number of carboxylic acid groups (broad SMARTS) is 1. The Hall–Kier alpha value is -1.77. The summed E-state index contributed by atoms with van der Waals surface area (Å²) in [6.45, 7) is 13.6. The van der Waals surface area contributed by atoms with Crippen molar-refractivity contribution in [3.63, 3.8) is 0 Å². The Bertz CT molecular complexity index is 532. The zero-order chi connectivity index (χ0) is 16.8. The minimum atomic E-state index is -0.711. The molecule has 22 heavy (non-hydrogen) atoms. The second kappa shape index (κ2) is 8.02. The van der Waals surface area contributed by atoms with Crippen LogP contribution >= 0.6 is 0 Å². The summed E-state index contributed by atoms with van der Waals surface area (Å²) in [6.07, 6.45) is 2.92. The zero-order valence-corrected chi connectivity index (χ0v) is 14.3. The first-order valence-corrected chi connectivity index (χ1v) is 7.98. The van der Waals surface area contributed by atoms with Crippen LogP contribution in [0.5, 0.6) is 0 Å². The van der Waals surface area contributed by atoms with Gasteiger partial charge >= 0.3 is 5.97 Å². The van der Waals surface area contributed by atoms with Gasteiger partial charge in [-0.25, -0.2) is 0 Å². The zero-order valence-electron chi connectivity index (χ0n) is 14.3. The Labute approximate surface area is 134 Å². The van der Waals surface area contributed by atoms with E-state index in [2.05, 4.69) is 57.8 Å². The number of rotatable bonds is 9. The molecular formula is C19H29NO2. The largest absolute Gasteiger partial charge is 0.481 e. The van der Waals surface area contributed by atoms with Crippen LogP contribution in [0, 0.1) is 6.92 Å². The number of aryl methyl sites for hydroxylation is 1. The number of anilines is 1. The Morgan fingerprint density at radius 2 is 1.95 bits per heavy atom. The number of allylic oxidation sites excluding steroid dienone is 1. The van der Waals surface area contributed by atoms with Crippen LogP contribution in [0.2, 0.25) is 0 Å². The minimum absolute atomic E-state index is 0.0718. The number of unbranched alkanes of at least 4 members (excludes halogenated alkanes) is 2. The highest BCUT2D eigenvalue weighted by Gasteiger charge is 2.24. The van der Waals surface area contributed by atoms with Gasteiger partial charge in [-0.1, -0.05) is 50.1 Å². The van der Waals surface area contributed by atoms with Gasteiger partial charge in [0.05, 0.1) is 0 Å². The Morgan fingerprint density at radius 3 is 2.55 bits per heavy atom. The molecule has 0 aliphatic rings. The van der Waals surface area contributed by atoms with Crippen LogP contribution in [0.25, 0.3) is 0 Å². The molecule has 0 heterocycles. The maximum absolute atomic E-state index is 10.5.